The zero-order valence-electron chi connectivity index (χ0n) is 24.2. The molecule has 0 unspecified atom stereocenters. The Kier molecular flexibility index (Phi) is 9.01. The van der Waals surface area contributed by atoms with Crippen LogP contribution in [-0.2, 0) is 27.8 Å². The first-order valence-electron chi connectivity index (χ1n) is 14.4. The van der Waals surface area contributed by atoms with Crippen LogP contribution in [0.25, 0.3) is 22.2 Å². The third-order valence-electron chi connectivity index (χ3n) is 7.24. The van der Waals surface area contributed by atoms with Crippen molar-refractivity contribution < 1.29 is 18.0 Å². The topological polar surface area (TPSA) is 110 Å². The highest BCUT2D eigenvalue weighted by Gasteiger charge is 2.21. The van der Waals surface area contributed by atoms with Gasteiger partial charge in [0.25, 0.3) is 15.9 Å². The van der Waals surface area contributed by atoms with Gasteiger partial charge in [0.05, 0.1) is 15.9 Å². The molecule has 0 aliphatic heterocycles. The first kappa shape index (κ1) is 29.7. The second-order valence-corrected chi connectivity index (χ2v) is 12.0. The first-order chi connectivity index (χ1) is 20.8. The summed E-state index contributed by atoms with van der Waals surface area (Å²) >= 11 is 0. The van der Waals surface area contributed by atoms with E-state index in [9.17, 15) is 18.0 Å². The third kappa shape index (κ3) is 6.84. The molecule has 5 rings (SSSR count). The van der Waals surface area contributed by atoms with E-state index in [0.717, 1.165) is 52.9 Å². The highest BCUT2D eigenvalue weighted by Crippen LogP contribution is 2.27. The third-order valence-corrected chi connectivity index (χ3v) is 8.59. The molecular formula is C34H34N4O4S. The van der Waals surface area contributed by atoms with Gasteiger partial charge in [0.15, 0.2) is 0 Å². The molecular weight excluding hydrogens is 560 g/mol. The molecule has 9 heteroatoms. The monoisotopic (exact) mass is 594 g/mol. The van der Waals surface area contributed by atoms with E-state index in [1.54, 1.807) is 36.4 Å². The van der Waals surface area contributed by atoms with Crippen molar-refractivity contribution in [3.8, 4) is 11.1 Å². The molecule has 0 saturated heterocycles. The highest BCUT2D eigenvalue weighted by atomic mass is 32.2. The van der Waals surface area contributed by atoms with Gasteiger partial charge in [0, 0.05) is 30.6 Å². The molecule has 1 heterocycles. The van der Waals surface area contributed by atoms with E-state index in [-0.39, 0.29) is 16.4 Å². The summed E-state index contributed by atoms with van der Waals surface area (Å²) in [6, 6.07) is 28.4. The maximum atomic E-state index is 13.1. The molecule has 0 aliphatic carbocycles. The second kappa shape index (κ2) is 13.0. The van der Waals surface area contributed by atoms with Crippen molar-refractivity contribution in [3.05, 3.63) is 114 Å². The Balaban J connectivity index is 1.42. The van der Waals surface area contributed by atoms with Crippen LogP contribution in [0.15, 0.2) is 102 Å². The van der Waals surface area contributed by atoms with Gasteiger partial charge < -0.3 is 9.88 Å². The van der Waals surface area contributed by atoms with Crippen LogP contribution in [0, 0.1) is 0 Å². The van der Waals surface area contributed by atoms with Gasteiger partial charge in [-0.15, -0.1) is 0 Å². The number of unbranched alkanes of at least 4 members (excludes halogenated alkanes) is 1. The van der Waals surface area contributed by atoms with E-state index in [2.05, 4.69) is 21.5 Å². The number of benzene rings is 4. The highest BCUT2D eigenvalue weighted by molar-refractivity contribution is 7.90. The van der Waals surface area contributed by atoms with Gasteiger partial charge in [-0.1, -0.05) is 80.9 Å². The summed E-state index contributed by atoms with van der Waals surface area (Å²) in [5, 5.41) is 2.94. The fourth-order valence-corrected chi connectivity index (χ4v) is 5.93. The average molecular weight is 595 g/mol. The zero-order chi connectivity index (χ0) is 30.4. The number of carbonyl (C=O) groups excluding carboxylic acids is 2. The molecule has 220 valence electrons. The number of sulfonamides is 1. The second-order valence-electron chi connectivity index (χ2n) is 10.3. The van der Waals surface area contributed by atoms with Crippen LogP contribution in [0.2, 0.25) is 0 Å². The smallest absolute Gasteiger partial charge is 0.265 e. The largest absolute Gasteiger partial charge is 0.326 e. The van der Waals surface area contributed by atoms with Crippen LogP contribution in [0.3, 0.4) is 0 Å². The number of rotatable bonds is 11. The predicted octanol–water partition coefficient (Wildman–Crippen LogP) is 6.56. The number of nitrogens with one attached hydrogen (secondary N) is 2. The molecule has 1 aromatic heterocycles. The van der Waals surface area contributed by atoms with Gasteiger partial charge in [-0.3, -0.25) is 9.59 Å². The molecule has 8 nitrogen and oxygen atoms in total. The van der Waals surface area contributed by atoms with Gasteiger partial charge >= 0.3 is 0 Å². The minimum Gasteiger partial charge on any atom is -0.326 e. The summed E-state index contributed by atoms with van der Waals surface area (Å²) in [4.78, 5) is 30.1. The van der Waals surface area contributed by atoms with Gasteiger partial charge in [-0.05, 0) is 59.5 Å². The lowest BCUT2D eigenvalue weighted by atomic mass is 9.98. The summed E-state index contributed by atoms with van der Waals surface area (Å²) in [7, 11) is -4.01. The van der Waals surface area contributed by atoms with E-state index >= 15 is 0 Å². The molecule has 0 saturated carbocycles. The van der Waals surface area contributed by atoms with Crippen LogP contribution in [-0.4, -0.2) is 29.8 Å². The number of hydrogen-bond donors (Lipinski definition) is 2. The van der Waals surface area contributed by atoms with Crippen LogP contribution >= 0.6 is 0 Å². The van der Waals surface area contributed by atoms with E-state index in [1.165, 1.54) is 12.1 Å². The summed E-state index contributed by atoms with van der Waals surface area (Å²) in [6.07, 6.45) is 3.31. The molecule has 2 N–H and O–H groups in total. The van der Waals surface area contributed by atoms with Crippen LogP contribution in [0.1, 0.15) is 54.9 Å². The minimum absolute atomic E-state index is 0.0235. The lowest BCUT2D eigenvalue weighted by Gasteiger charge is -2.13. The number of hydrogen-bond acceptors (Lipinski definition) is 5. The predicted molar refractivity (Wildman–Crippen MR) is 169 cm³/mol. The lowest BCUT2D eigenvalue weighted by Crippen LogP contribution is -2.30. The van der Waals surface area contributed by atoms with Gasteiger partial charge in [0.1, 0.15) is 5.82 Å². The fraction of sp³-hybridized carbons (Fsp3) is 0.206. The fourth-order valence-electron chi connectivity index (χ4n) is 4.94. The van der Waals surface area contributed by atoms with E-state index in [4.69, 9.17) is 4.98 Å². The quantitative estimate of drug-likeness (QED) is 0.180. The number of fused-ring (bicyclic) bond motifs is 1. The Morgan fingerprint density at radius 2 is 1.58 bits per heavy atom. The first-order valence-corrected chi connectivity index (χ1v) is 15.9. The number of imidazole rings is 1. The molecule has 5 aromatic rings. The van der Waals surface area contributed by atoms with Crippen molar-refractivity contribution in [1.29, 1.82) is 0 Å². The van der Waals surface area contributed by atoms with Gasteiger partial charge in [0.2, 0.25) is 5.91 Å². The molecule has 0 bridgehead atoms. The van der Waals surface area contributed by atoms with Crippen LogP contribution in [0.4, 0.5) is 5.69 Å². The molecule has 0 spiro atoms. The van der Waals surface area contributed by atoms with Crippen molar-refractivity contribution in [3.63, 3.8) is 0 Å². The maximum Gasteiger partial charge on any atom is 0.265 e. The van der Waals surface area contributed by atoms with Crippen LogP contribution in [0.5, 0.6) is 0 Å². The normalized spacial score (nSPS) is 11.4. The van der Waals surface area contributed by atoms with Crippen LogP contribution < -0.4 is 10.0 Å². The molecule has 2 amide bonds. The standard InChI is InChI=1S/C34H34N4O4S/c1-3-5-15-32-36-30-21-20-26(35-33(39)4-2)22-31(30)38(32)23-24-16-18-25(19-17-24)28-13-9-10-14-29(28)34(40)37-43(41,42)27-11-7-6-8-12-27/h6-14,16-22H,3-5,15,23H2,1-2H3,(H,35,39)(H,37,40). The number of anilines is 1. The Morgan fingerprint density at radius 3 is 2.30 bits per heavy atom. The Bertz CT molecular complexity index is 1860. The van der Waals surface area contributed by atoms with Gasteiger partial charge in [-0.2, -0.15) is 0 Å². The summed E-state index contributed by atoms with van der Waals surface area (Å²) < 4.78 is 29.9. The average Bonchev–Trinajstić information content (AvgIpc) is 3.36. The number of amides is 2. The Labute approximate surface area is 251 Å². The molecule has 0 fully saturated rings. The maximum absolute atomic E-state index is 13.1. The van der Waals surface area contributed by atoms with Gasteiger partial charge in [-0.25, -0.2) is 18.1 Å². The number of aryl methyl sites for hydroxylation is 1. The number of nitrogens with zero attached hydrogens (tertiary/aromatic N) is 2. The number of carbonyl (C=O) groups is 2. The van der Waals surface area contributed by atoms with Crippen molar-refractivity contribution >= 4 is 38.6 Å². The summed E-state index contributed by atoms with van der Waals surface area (Å²) in [5.74, 6) is 0.250. The van der Waals surface area contributed by atoms with Crippen molar-refractivity contribution in [1.82, 2.24) is 14.3 Å². The molecule has 43 heavy (non-hydrogen) atoms. The summed E-state index contributed by atoms with van der Waals surface area (Å²) in [5.41, 5.74) is 5.28. The molecule has 0 aliphatic rings. The van der Waals surface area contributed by atoms with E-state index in [0.29, 0.717) is 18.5 Å². The zero-order valence-corrected chi connectivity index (χ0v) is 25.0. The molecule has 0 radical (unpaired) electrons. The van der Waals surface area contributed by atoms with E-state index < -0.39 is 15.9 Å². The Morgan fingerprint density at radius 1 is 0.860 bits per heavy atom. The lowest BCUT2D eigenvalue weighted by molar-refractivity contribution is -0.115. The molecule has 0 atom stereocenters. The summed E-state index contributed by atoms with van der Waals surface area (Å²) in [6.45, 7) is 4.56. The Hall–Kier alpha value is -4.76. The van der Waals surface area contributed by atoms with E-state index in [1.807, 2.05) is 55.5 Å². The van der Waals surface area contributed by atoms with Crippen molar-refractivity contribution in [2.45, 2.75) is 51.0 Å². The molecule has 4 aromatic carbocycles. The SMILES string of the molecule is CCCCc1nc2ccc(NC(=O)CC)cc2n1Cc1ccc(-c2ccccc2C(=O)NS(=O)(=O)c2ccccc2)cc1. The van der Waals surface area contributed by atoms with Crippen molar-refractivity contribution in [2.24, 2.45) is 0 Å². The number of aromatic nitrogens is 2. The minimum atomic E-state index is -4.01. The van der Waals surface area contributed by atoms with Crippen molar-refractivity contribution in [2.75, 3.05) is 5.32 Å².